The molecule has 8 nitrogen and oxygen atoms in total. The minimum atomic E-state index is -3.83. The van der Waals surface area contributed by atoms with E-state index in [4.69, 9.17) is 5.14 Å². The molecule has 142 valence electrons. The molecule has 2 heterocycles. The minimum absolute atomic E-state index is 0.0607. The summed E-state index contributed by atoms with van der Waals surface area (Å²) < 4.78 is 24.7. The van der Waals surface area contributed by atoms with Gasteiger partial charge in [-0.1, -0.05) is 23.9 Å². The Labute approximate surface area is 164 Å². The van der Waals surface area contributed by atoms with Crippen molar-refractivity contribution < 1.29 is 13.2 Å². The van der Waals surface area contributed by atoms with Crippen LogP contribution in [0.25, 0.3) is 10.7 Å². The molecule has 0 saturated carbocycles. The average molecular weight is 424 g/mol. The monoisotopic (exact) mass is 423 g/mol. The zero-order valence-electron chi connectivity index (χ0n) is 14.5. The van der Waals surface area contributed by atoms with E-state index in [0.717, 1.165) is 10.7 Å². The van der Waals surface area contributed by atoms with E-state index in [1.54, 1.807) is 24.3 Å². The molecule has 0 spiro atoms. The normalized spacial score (nSPS) is 12.7. The molecule has 0 fully saturated rings. The summed E-state index contributed by atoms with van der Waals surface area (Å²) in [4.78, 5) is 13.4. The van der Waals surface area contributed by atoms with Gasteiger partial charge in [-0.25, -0.2) is 13.6 Å². The van der Waals surface area contributed by atoms with E-state index in [0.29, 0.717) is 10.8 Å². The van der Waals surface area contributed by atoms with E-state index in [-0.39, 0.29) is 10.8 Å². The first-order valence-electron chi connectivity index (χ1n) is 7.79. The van der Waals surface area contributed by atoms with Gasteiger partial charge in [-0.15, -0.1) is 21.5 Å². The number of carbonyl (C=O) groups is 1. The number of thioether (sulfide) groups is 1. The largest absolute Gasteiger partial charge is 0.325 e. The highest BCUT2D eigenvalue weighted by atomic mass is 32.2. The van der Waals surface area contributed by atoms with Crippen molar-refractivity contribution in [3.8, 4) is 10.7 Å². The van der Waals surface area contributed by atoms with Crippen molar-refractivity contribution in [2.75, 3.05) is 5.32 Å². The lowest BCUT2D eigenvalue weighted by molar-refractivity contribution is -0.115. The fourth-order valence-corrected chi connectivity index (χ4v) is 4.36. The van der Waals surface area contributed by atoms with Crippen molar-refractivity contribution in [1.82, 2.24) is 14.8 Å². The third-order valence-electron chi connectivity index (χ3n) is 3.66. The predicted molar refractivity (Wildman–Crippen MR) is 106 cm³/mol. The Hall–Kier alpha value is -2.21. The maximum Gasteiger partial charge on any atom is 0.238 e. The minimum Gasteiger partial charge on any atom is -0.325 e. The van der Waals surface area contributed by atoms with Gasteiger partial charge < -0.3 is 9.88 Å². The molecule has 0 aliphatic rings. The molecule has 0 saturated heterocycles. The standard InChI is InChI=1S/C16H17N5O3S3/c1-10(15(22)18-11-5-3-6-12(9-11)27(17,23)24)26-16-20-19-14(21(16)2)13-7-4-8-25-13/h3-10H,1-2H3,(H,18,22)(H2,17,23,24). The van der Waals surface area contributed by atoms with Crippen molar-refractivity contribution in [3.05, 3.63) is 41.8 Å². The second-order valence-electron chi connectivity index (χ2n) is 5.66. The lowest BCUT2D eigenvalue weighted by Crippen LogP contribution is -2.23. The van der Waals surface area contributed by atoms with Crippen LogP contribution in [-0.4, -0.2) is 34.3 Å². The van der Waals surface area contributed by atoms with Crippen molar-refractivity contribution in [2.24, 2.45) is 12.2 Å². The second kappa shape index (κ2) is 7.80. The number of benzene rings is 1. The first-order chi connectivity index (χ1) is 12.8. The Balaban J connectivity index is 1.70. The number of thiophene rings is 1. The quantitative estimate of drug-likeness (QED) is 0.587. The van der Waals surface area contributed by atoms with Crippen LogP contribution in [0.4, 0.5) is 5.69 Å². The molecule has 3 aromatic rings. The molecular weight excluding hydrogens is 406 g/mol. The van der Waals surface area contributed by atoms with Crippen molar-refractivity contribution in [2.45, 2.75) is 22.2 Å². The van der Waals surface area contributed by atoms with Gasteiger partial charge in [0.25, 0.3) is 0 Å². The number of nitrogens with zero attached hydrogens (tertiary/aromatic N) is 3. The van der Waals surface area contributed by atoms with E-state index in [1.807, 2.05) is 29.1 Å². The zero-order valence-corrected chi connectivity index (χ0v) is 16.9. The van der Waals surface area contributed by atoms with Crippen LogP contribution < -0.4 is 10.5 Å². The van der Waals surface area contributed by atoms with Gasteiger partial charge in [-0.05, 0) is 36.6 Å². The summed E-state index contributed by atoms with van der Waals surface area (Å²) in [5.74, 6) is 0.452. The molecule has 1 amide bonds. The highest BCUT2D eigenvalue weighted by Gasteiger charge is 2.20. The van der Waals surface area contributed by atoms with Gasteiger partial charge in [0, 0.05) is 12.7 Å². The van der Waals surface area contributed by atoms with Crippen molar-refractivity contribution in [3.63, 3.8) is 0 Å². The molecule has 0 aliphatic heterocycles. The summed E-state index contributed by atoms with van der Waals surface area (Å²) in [5.41, 5.74) is 0.358. The molecule has 11 heteroatoms. The highest BCUT2D eigenvalue weighted by molar-refractivity contribution is 8.00. The molecule has 0 aliphatic carbocycles. The van der Waals surface area contributed by atoms with Gasteiger partial charge in [0.15, 0.2) is 11.0 Å². The maximum absolute atomic E-state index is 12.5. The van der Waals surface area contributed by atoms with Gasteiger partial charge in [0.05, 0.1) is 15.0 Å². The molecule has 2 aromatic heterocycles. The summed E-state index contributed by atoms with van der Waals surface area (Å²) in [6.07, 6.45) is 0. The number of aromatic nitrogens is 3. The number of nitrogens with one attached hydrogen (secondary N) is 1. The lowest BCUT2D eigenvalue weighted by Gasteiger charge is -2.12. The summed E-state index contributed by atoms with van der Waals surface area (Å²) in [5, 5.41) is 18.2. The number of amides is 1. The SMILES string of the molecule is CC(Sc1nnc(-c2cccs2)n1C)C(=O)Nc1cccc(S(N)(=O)=O)c1. The maximum atomic E-state index is 12.5. The molecule has 1 unspecified atom stereocenters. The van der Waals surface area contributed by atoms with Crippen LogP contribution in [-0.2, 0) is 21.9 Å². The number of anilines is 1. The molecule has 1 aromatic carbocycles. The van der Waals surface area contributed by atoms with E-state index in [2.05, 4.69) is 15.5 Å². The van der Waals surface area contributed by atoms with Crippen LogP contribution in [0, 0.1) is 0 Å². The number of sulfonamides is 1. The van der Waals surface area contributed by atoms with Crippen LogP contribution in [0.15, 0.2) is 51.8 Å². The van der Waals surface area contributed by atoms with E-state index in [1.165, 1.54) is 30.0 Å². The molecular formula is C16H17N5O3S3. The summed E-state index contributed by atoms with van der Waals surface area (Å²) in [6, 6.07) is 9.70. The molecule has 0 radical (unpaired) electrons. The van der Waals surface area contributed by atoms with Crippen LogP contribution in [0.5, 0.6) is 0 Å². The Morgan fingerprint density at radius 2 is 2.07 bits per heavy atom. The van der Waals surface area contributed by atoms with Gasteiger partial charge >= 0.3 is 0 Å². The fourth-order valence-electron chi connectivity index (χ4n) is 2.24. The Morgan fingerprint density at radius 3 is 2.74 bits per heavy atom. The summed E-state index contributed by atoms with van der Waals surface area (Å²) in [7, 11) is -1.99. The highest BCUT2D eigenvalue weighted by Crippen LogP contribution is 2.28. The molecule has 0 bridgehead atoms. The number of hydrogen-bond donors (Lipinski definition) is 2. The van der Waals surface area contributed by atoms with Gasteiger partial charge in [-0.2, -0.15) is 0 Å². The number of hydrogen-bond acceptors (Lipinski definition) is 7. The van der Waals surface area contributed by atoms with Crippen LogP contribution in [0.2, 0.25) is 0 Å². The summed E-state index contributed by atoms with van der Waals surface area (Å²) >= 11 is 2.83. The molecule has 1 atom stereocenters. The Kier molecular flexibility index (Phi) is 5.65. The summed E-state index contributed by atoms with van der Waals surface area (Å²) in [6.45, 7) is 1.74. The number of carbonyl (C=O) groups excluding carboxylic acids is 1. The number of primary sulfonamides is 1. The molecule has 27 heavy (non-hydrogen) atoms. The first-order valence-corrected chi connectivity index (χ1v) is 11.1. The average Bonchev–Trinajstić information content (AvgIpc) is 3.25. The topological polar surface area (TPSA) is 120 Å². The van der Waals surface area contributed by atoms with Crippen LogP contribution >= 0.6 is 23.1 Å². The van der Waals surface area contributed by atoms with Crippen LogP contribution in [0.3, 0.4) is 0 Å². The molecule has 3 rings (SSSR count). The van der Waals surface area contributed by atoms with Gasteiger partial charge in [0.1, 0.15) is 0 Å². The Bertz CT molecular complexity index is 1060. The zero-order chi connectivity index (χ0) is 19.6. The number of nitrogens with two attached hydrogens (primary N) is 1. The van der Waals surface area contributed by atoms with Gasteiger partial charge in [-0.3, -0.25) is 4.79 Å². The van der Waals surface area contributed by atoms with E-state index in [9.17, 15) is 13.2 Å². The lowest BCUT2D eigenvalue weighted by atomic mass is 10.3. The third kappa shape index (κ3) is 4.56. The van der Waals surface area contributed by atoms with Gasteiger partial charge in [0.2, 0.25) is 15.9 Å². The van der Waals surface area contributed by atoms with Crippen LogP contribution in [0.1, 0.15) is 6.92 Å². The third-order valence-corrected chi connectivity index (χ3v) is 6.57. The first kappa shape index (κ1) is 19.5. The second-order valence-corrected chi connectivity index (χ2v) is 9.48. The number of rotatable bonds is 6. The Morgan fingerprint density at radius 1 is 1.30 bits per heavy atom. The molecule has 3 N–H and O–H groups in total. The van der Waals surface area contributed by atoms with E-state index >= 15 is 0 Å². The van der Waals surface area contributed by atoms with E-state index < -0.39 is 15.3 Å². The van der Waals surface area contributed by atoms with Crippen molar-refractivity contribution in [1.29, 1.82) is 0 Å². The predicted octanol–water partition coefficient (Wildman–Crippen LogP) is 2.31. The van der Waals surface area contributed by atoms with Crippen molar-refractivity contribution >= 4 is 44.7 Å². The fraction of sp³-hybridized carbons (Fsp3) is 0.188. The smallest absolute Gasteiger partial charge is 0.238 e.